The number of nitrogens with one attached hydrogen (secondary N) is 1. The van der Waals surface area contributed by atoms with E-state index in [4.69, 9.17) is 14.2 Å². The van der Waals surface area contributed by atoms with Gasteiger partial charge in [-0.25, -0.2) is 0 Å². The monoisotopic (exact) mass is 313 g/mol. The van der Waals surface area contributed by atoms with Gasteiger partial charge in [-0.2, -0.15) is 0 Å². The third-order valence-electron chi connectivity index (χ3n) is 3.49. The van der Waals surface area contributed by atoms with Crippen molar-refractivity contribution in [2.75, 3.05) is 19.8 Å². The molecule has 3 rings (SSSR count). The topological polar surface area (TPSA) is 56.8 Å². The highest BCUT2D eigenvalue weighted by Gasteiger charge is 2.21. The fraction of sp³-hybridized carbons (Fsp3) is 0.278. The van der Waals surface area contributed by atoms with Gasteiger partial charge < -0.3 is 19.5 Å². The van der Waals surface area contributed by atoms with Crippen molar-refractivity contribution in [3.8, 4) is 17.2 Å². The van der Waals surface area contributed by atoms with E-state index in [9.17, 15) is 4.79 Å². The Labute approximate surface area is 135 Å². The van der Waals surface area contributed by atoms with Crippen molar-refractivity contribution in [3.63, 3.8) is 0 Å². The Bertz CT molecular complexity index is 669. The number of ether oxygens (including phenoxy) is 3. The molecule has 5 heteroatoms. The number of carbonyl (C=O) groups excluding carboxylic acids is 1. The summed E-state index contributed by atoms with van der Waals surface area (Å²) in [6.45, 7) is 3.33. The van der Waals surface area contributed by atoms with Crippen molar-refractivity contribution in [1.29, 1.82) is 0 Å². The van der Waals surface area contributed by atoms with Crippen LogP contribution in [0.5, 0.6) is 17.2 Å². The van der Waals surface area contributed by atoms with Crippen LogP contribution < -0.4 is 19.5 Å². The zero-order chi connectivity index (χ0) is 16.1. The maximum Gasteiger partial charge on any atom is 0.251 e. The van der Waals surface area contributed by atoms with Crippen LogP contribution in [0.25, 0.3) is 0 Å². The van der Waals surface area contributed by atoms with Gasteiger partial charge in [-0.3, -0.25) is 4.79 Å². The molecule has 1 amide bonds. The molecular weight excluding hydrogens is 294 g/mol. The van der Waals surface area contributed by atoms with E-state index in [0.717, 1.165) is 11.5 Å². The van der Waals surface area contributed by atoms with E-state index in [1.807, 2.05) is 31.2 Å². The maximum absolute atomic E-state index is 12.2. The van der Waals surface area contributed by atoms with Crippen molar-refractivity contribution < 1.29 is 19.0 Å². The highest BCUT2D eigenvalue weighted by molar-refractivity contribution is 5.94. The van der Waals surface area contributed by atoms with Crippen LogP contribution in [0.15, 0.2) is 48.5 Å². The van der Waals surface area contributed by atoms with Crippen molar-refractivity contribution in [2.24, 2.45) is 0 Å². The second kappa shape index (κ2) is 7.05. The second-order valence-electron chi connectivity index (χ2n) is 5.17. The van der Waals surface area contributed by atoms with Gasteiger partial charge in [0, 0.05) is 5.56 Å². The quantitative estimate of drug-likeness (QED) is 0.922. The molecule has 23 heavy (non-hydrogen) atoms. The Morgan fingerprint density at radius 3 is 2.65 bits per heavy atom. The maximum atomic E-state index is 12.2. The van der Waals surface area contributed by atoms with Crippen molar-refractivity contribution in [3.05, 3.63) is 54.1 Å². The molecule has 1 unspecified atom stereocenters. The normalized spacial score (nSPS) is 15.8. The van der Waals surface area contributed by atoms with Gasteiger partial charge in [0.15, 0.2) is 11.5 Å². The van der Waals surface area contributed by atoms with Gasteiger partial charge in [-0.05, 0) is 43.3 Å². The lowest BCUT2D eigenvalue weighted by atomic mass is 10.2. The van der Waals surface area contributed by atoms with Crippen molar-refractivity contribution in [1.82, 2.24) is 5.32 Å². The molecule has 1 aliphatic heterocycles. The third kappa shape index (κ3) is 3.74. The van der Waals surface area contributed by atoms with E-state index in [1.165, 1.54) is 0 Å². The van der Waals surface area contributed by atoms with Gasteiger partial charge >= 0.3 is 0 Å². The standard InChI is InChI=1S/C18H19NO4/c1-2-21-14-9-7-13(8-10-14)18(20)19-11-15-12-22-16-5-3-4-6-17(16)23-15/h3-10,15H,2,11-12H2,1H3,(H,19,20). The van der Waals surface area contributed by atoms with E-state index in [0.29, 0.717) is 31.1 Å². The molecule has 0 saturated carbocycles. The molecular formula is C18H19NO4. The molecule has 1 atom stereocenters. The number of hydrogen-bond acceptors (Lipinski definition) is 4. The highest BCUT2D eigenvalue weighted by atomic mass is 16.6. The van der Waals surface area contributed by atoms with E-state index in [1.54, 1.807) is 24.3 Å². The Hall–Kier alpha value is -2.69. The average molecular weight is 313 g/mol. The summed E-state index contributed by atoms with van der Waals surface area (Å²) < 4.78 is 16.8. The first kappa shape index (κ1) is 15.2. The molecule has 0 radical (unpaired) electrons. The number of benzene rings is 2. The molecule has 0 saturated heterocycles. The number of para-hydroxylation sites is 2. The van der Waals surface area contributed by atoms with E-state index >= 15 is 0 Å². The number of carbonyl (C=O) groups is 1. The van der Waals surface area contributed by atoms with E-state index < -0.39 is 0 Å². The number of hydrogen-bond donors (Lipinski definition) is 1. The molecule has 0 aromatic heterocycles. The van der Waals surface area contributed by atoms with Gasteiger partial charge in [0.25, 0.3) is 5.91 Å². The largest absolute Gasteiger partial charge is 0.494 e. The third-order valence-corrected chi connectivity index (χ3v) is 3.49. The van der Waals surface area contributed by atoms with Crippen LogP contribution in [0.1, 0.15) is 17.3 Å². The van der Waals surface area contributed by atoms with Crippen LogP contribution in [0, 0.1) is 0 Å². The van der Waals surface area contributed by atoms with Gasteiger partial charge in [-0.1, -0.05) is 12.1 Å². The fourth-order valence-corrected chi connectivity index (χ4v) is 2.34. The summed E-state index contributed by atoms with van der Waals surface area (Å²) in [6, 6.07) is 14.6. The number of amides is 1. The summed E-state index contributed by atoms with van der Waals surface area (Å²) in [6.07, 6.45) is -0.198. The lowest BCUT2D eigenvalue weighted by Crippen LogP contribution is -2.40. The Balaban J connectivity index is 1.53. The molecule has 0 spiro atoms. The number of rotatable bonds is 5. The van der Waals surface area contributed by atoms with Crippen LogP contribution in [0.3, 0.4) is 0 Å². The minimum atomic E-state index is -0.198. The first-order valence-electron chi connectivity index (χ1n) is 7.66. The summed E-state index contributed by atoms with van der Waals surface area (Å²) >= 11 is 0. The fourth-order valence-electron chi connectivity index (χ4n) is 2.34. The molecule has 5 nitrogen and oxygen atoms in total. The predicted octanol–water partition coefficient (Wildman–Crippen LogP) is 2.66. The average Bonchev–Trinajstić information content (AvgIpc) is 2.60. The zero-order valence-corrected chi connectivity index (χ0v) is 13.0. The summed E-state index contributed by atoms with van der Waals surface area (Å²) in [5.74, 6) is 2.06. The Morgan fingerprint density at radius 2 is 1.91 bits per heavy atom. The highest BCUT2D eigenvalue weighted by Crippen LogP contribution is 2.30. The van der Waals surface area contributed by atoms with E-state index in [-0.39, 0.29) is 12.0 Å². The number of fused-ring (bicyclic) bond motifs is 1. The van der Waals surface area contributed by atoms with Gasteiger partial charge in [0.2, 0.25) is 0 Å². The molecule has 1 aliphatic rings. The first-order chi connectivity index (χ1) is 11.3. The van der Waals surface area contributed by atoms with Crippen LogP contribution >= 0.6 is 0 Å². The molecule has 0 fully saturated rings. The molecule has 0 bridgehead atoms. The summed E-state index contributed by atoms with van der Waals surface area (Å²) in [4.78, 5) is 12.2. The molecule has 0 aliphatic carbocycles. The molecule has 1 heterocycles. The van der Waals surface area contributed by atoms with Crippen LogP contribution in [0.4, 0.5) is 0 Å². The van der Waals surface area contributed by atoms with Gasteiger partial charge in [-0.15, -0.1) is 0 Å². The van der Waals surface area contributed by atoms with Crippen molar-refractivity contribution >= 4 is 5.91 Å². The van der Waals surface area contributed by atoms with Crippen LogP contribution in [0.2, 0.25) is 0 Å². The smallest absolute Gasteiger partial charge is 0.251 e. The van der Waals surface area contributed by atoms with Gasteiger partial charge in [0.05, 0.1) is 13.2 Å². The molecule has 2 aromatic rings. The van der Waals surface area contributed by atoms with Crippen molar-refractivity contribution in [2.45, 2.75) is 13.0 Å². The van der Waals surface area contributed by atoms with Crippen LogP contribution in [-0.2, 0) is 0 Å². The summed E-state index contributed by atoms with van der Waals surface area (Å²) in [5, 5.41) is 2.87. The summed E-state index contributed by atoms with van der Waals surface area (Å²) in [7, 11) is 0. The minimum Gasteiger partial charge on any atom is -0.494 e. The molecule has 1 N–H and O–H groups in total. The molecule has 120 valence electrons. The first-order valence-corrected chi connectivity index (χ1v) is 7.66. The van der Waals surface area contributed by atoms with Gasteiger partial charge in [0.1, 0.15) is 18.5 Å². The van der Waals surface area contributed by atoms with E-state index in [2.05, 4.69) is 5.32 Å². The lowest BCUT2D eigenvalue weighted by molar-refractivity contribution is 0.0789. The summed E-state index contributed by atoms with van der Waals surface area (Å²) in [5.41, 5.74) is 0.589. The van der Waals surface area contributed by atoms with Crippen LogP contribution in [-0.4, -0.2) is 31.8 Å². The Kier molecular flexibility index (Phi) is 4.66. The zero-order valence-electron chi connectivity index (χ0n) is 13.0. The Morgan fingerprint density at radius 1 is 1.17 bits per heavy atom. The SMILES string of the molecule is CCOc1ccc(C(=O)NCC2COc3ccccc3O2)cc1. The lowest BCUT2D eigenvalue weighted by Gasteiger charge is -2.26. The minimum absolute atomic E-state index is 0.143. The second-order valence-corrected chi connectivity index (χ2v) is 5.17. The molecule has 2 aromatic carbocycles. The predicted molar refractivity (Wildman–Crippen MR) is 86.3 cm³/mol.